The van der Waals surface area contributed by atoms with Gasteiger partial charge in [0.1, 0.15) is 29.8 Å². The van der Waals surface area contributed by atoms with Gasteiger partial charge in [-0.15, -0.1) is 0 Å². The first kappa shape index (κ1) is 30.5. The Morgan fingerprint density at radius 3 is 2.98 bits per heavy atom. The zero-order chi connectivity index (χ0) is 32.3. The number of hydrogen-bond acceptors (Lipinski definition) is 11. The van der Waals surface area contributed by atoms with E-state index in [4.69, 9.17) is 35.5 Å². The topological polar surface area (TPSA) is 128 Å². The molecule has 12 nitrogen and oxygen atoms in total. The molecule has 248 valence electrons. The zero-order valence-electron chi connectivity index (χ0n) is 25.9. The fourth-order valence-electron chi connectivity index (χ4n) is 7.63. The minimum atomic E-state index is -1.11. The first-order valence-corrected chi connectivity index (χ1v) is 16.3. The summed E-state index contributed by atoms with van der Waals surface area (Å²) in [5.41, 5.74) is 0.192. The predicted molar refractivity (Wildman–Crippen MR) is 168 cm³/mol. The van der Waals surface area contributed by atoms with Crippen molar-refractivity contribution in [2.45, 2.75) is 56.3 Å². The Hall–Kier alpha value is -3.88. The molecule has 5 aliphatic rings. The SMILES string of the molecule is C[C@@]12COCCN(C1)c1nc(OC[C@@]34CCCN3C[C@@H](F)C4)nc3c(F)c(ncc13)-c1c(c(Cl)cc3[nH]ncc13)CCCOC(=O)O2. The molecule has 5 aliphatic heterocycles. The van der Waals surface area contributed by atoms with Crippen molar-refractivity contribution < 1.29 is 32.5 Å². The number of carbonyl (C=O) groups excluding carboxylic acids is 1. The van der Waals surface area contributed by atoms with Crippen LogP contribution >= 0.6 is 11.6 Å². The highest BCUT2D eigenvalue weighted by Gasteiger charge is 2.49. The second-order valence-electron chi connectivity index (χ2n) is 13.1. The molecule has 0 radical (unpaired) electrons. The second kappa shape index (κ2) is 11.7. The zero-order valence-corrected chi connectivity index (χ0v) is 26.6. The largest absolute Gasteiger partial charge is 0.508 e. The van der Waals surface area contributed by atoms with Crippen molar-refractivity contribution >= 4 is 45.4 Å². The molecule has 6 bridgehead atoms. The lowest BCUT2D eigenvalue weighted by atomic mass is 9.95. The van der Waals surface area contributed by atoms with Crippen LogP contribution in [0.1, 0.15) is 38.2 Å². The number of aromatic amines is 1. The summed E-state index contributed by atoms with van der Waals surface area (Å²) in [6.45, 7) is 4.09. The lowest BCUT2D eigenvalue weighted by Gasteiger charge is -2.33. The van der Waals surface area contributed by atoms with E-state index >= 15 is 4.39 Å². The van der Waals surface area contributed by atoms with Crippen molar-refractivity contribution in [2.24, 2.45) is 0 Å². The average molecular weight is 670 g/mol. The molecule has 0 spiro atoms. The number of nitrogens with one attached hydrogen (secondary N) is 1. The van der Waals surface area contributed by atoms with Crippen molar-refractivity contribution in [3.63, 3.8) is 0 Å². The van der Waals surface area contributed by atoms with Gasteiger partial charge in [-0.1, -0.05) is 11.6 Å². The van der Waals surface area contributed by atoms with Gasteiger partial charge in [-0.05, 0) is 50.8 Å². The standard InChI is InChI=1S/C32H34ClF2N7O5/c1-31-15-41(7-9-44-16-31)28-21-12-36-27(24-19(4-2-8-45-30(43)47-31)22(33)10-23-20(24)13-37-40-23)25(35)26(21)38-29(39-28)46-17-32-5-3-6-42(32)14-18(34)11-32/h10,12-13,18H,2-9,11,14-17H2,1H3,(H,37,40)/t18-,31-,32-/m0/s1. The number of pyridine rings is 1. The van der Waals surface area contributed by atoms with Gasteiger partial charge < -0.3 is 23.8 Å². The van der Waals surface area contributed by atoms with Crippen LogP contribution in [0, 0.1) is 5.82 Å². The number of benzene rings is 1. The fourth-order valence-corrected chi connectivity index (χ4v) is 7.93. The summed E-state index contributed by atoms with van der Waals surface area (Å²) in [7, 11) is 0. The van der Waals surface area contributed by atoms with E-state index in [0.717, 1.165) is 19.4 Å². The Bertz CT molecular complexity index is 1880. The Morgan fingerprint density at radius 1 is 1.19 bits per heavy atom. The molecule has 0 amide bonds. The summed E-state index contributed by atoms with van der Waals surface area (Å²) in [5, 5.41) is 8.44. The van der Waals surface area contributed by atoms with Crippen LogP contribution in [-0.4, -0.2) is 106 Å². The lowest BCUT2D eigenvalue weighted by molar-refractivity contribution is -0.0575. The quantitative estimate of drug-likeness (QED) is 0.296. The summed E-state index contributed by atoms with van der Waals surface area (Å²) in [5.74, 6) is -0.324. The van der Waals surface area contributed by atoms with Gasteiger partial charge in [0.15, 0.2) is 11.4 Å². The van der Waals surface area contributed by atoms with Crippen LogP contribution in [-0.2, 0) is 20.6 Å². The normalized spacial score (nSPS) is 26.8. The summed E-state index contributed by atoms with van der Waals surface area (Å²) in [6.07, 6.45) is 4.25. The number of aromatic nitrogens is 5. The Kier molecular flexibility index (Phi) is 7.56. The molecule has 0 saturated carbocycles. The van der Waals surface area contributed by atoms with E-state index in [1.54, 1.807) is 25.4 Å². The van der Waals surface area contributed by atoms with E-state index in [1.807, 2.05) is 4.90 Å². The molecule has 47 heavy (non-hydrogen) atoms. The van der Waals surface area contributed by atoms with E-state index in [-0.39, 0.29) is 43.6 Å². The van der Waals surface area contributed by atoms with Gasteiger partial charge >= 0.3 is 12.2 Å². The maximum atomic E-state index is 17.0. The number of anilines is 1. The van der Waals surface area contributed by atoms with Crippen LogP contribution < -0.4 is 9.64 Å². The molecule has 8 heterocycles. The first-order valence-electron chi connectivity index (χ1n) is 15.9. The summed E-state index contributed by atoms with van der Waals surface area (Å²) in [4.78, 5) is 30.9. The second-order valence-corrected chi connectivity index (χ2v) is 13.6. The molecule has 3 atom stereocenters. The lowest BCUT2D eigenvalue weighted by Crippen LogP contribution is -2.46. The van der Waals surface area contributed by atoms with Gasteiger partial charge in [-0.3, -0.25) is 15.0 Å². The molecule has 3 aromatic heterocycles. The predicted octanol–water partition coefficient (Wildman–Crippen LogP) is 5.01. The molecule has 0 aliphatic carbocycles. The van der Waals surface area contributed by atoms with Crippen LogP contribution in [0.4, 0.5) is 19.4 Å². The van der Waals surface area contributed by atoms with E-state index in [1.165, 1.54) is 0 Å². The number of ether oxygens (including phenoxy) is 4. The van der Waals surface area contributed by atoms with Gasteiger partial charge in [0, 0.05) is 41.7 Å². The van der Waals surface area contributed by atoms with Crippen LogP contribution in [0.5, 0.6) is 6.01 Å². The molecule has 0 unspecified atom stereocenters. The summed E-state index contributed by atoms with van der Waals surface area (Å²) in [6, 6.07) is 1.69. The summed E-state index contributed by atoms with van der Waals surface area (Å²) >= 11 is 6.77. The average Bonchev–Trinajstić information content (AvgIpc) is 3.69. The molecule has 1 N–H and O–H groups in total. The minimum absolute atomic E-state index is 0.00688. The van der Waals surface area contributed by atoms with E-state index < -0.39 is 29.3 Å². The highest BCUT2D eigenvalue weighted by molar-refractivity contribution is 6.33. The van der Waals surface area contributed by atoms with Gasteiger partial charge in [-0.2, -0.15) is 15.1 Å². The molecule has 15 heteroatoms. The van der Waals surface area contributed by atoms with Crippen molar-refractivity contribution in [1.82, 2.24) is 30.0 Å². The Labute approximate surface area is 273 Å². The third kappa shape index (κ3) is 5.39. The van der Waals surface area contributed by atoms with Crippen LogP contribution in [0.15, 0.2) is 18.5 Å². The highest BCUT2D eigenvalue weighted by atomic mass is 35.5. The molecule has 3 saturated heterocycles. The third-order valence-corrected chi connectivity index (χ3v) is 10.1. The summed E-state index contributed by atoms with van der Waals surface area (Å²) < 4.78 is 54.9. The number of rotatable bonds is 3. The van der Waals surface area contributed by atoms with Gasteiger partial charge in [0.05, 0.1) is 49.0 Å². The number of carbonyl (C=O) groups is 1. The van der Waals surface area contributed by atoms with Crippen molar-refractivity contribution in [3.8, 4) is 17.3 Å². The van der Waals surface area contributed by atoms with Gasteiger partial charge in [0.25, 0.3) is 0 Å². The molecule has 4 aromatic rings. The first-order chi connectivity index (χ1) is 22.7. The molecular weight excluding hydrogens is 636 g/mol. The maximum absolute atomic E-state index is 17.0. The van der Waals surface area contributed by atoms with Crippen LogP contribution in [0.3, 0.4) is 0 Å². The van der Waals surface area contributed by atoms with Crippen molar-refractivity contribution in [2.75, 3.05) is 57.5 Å². The molecular formula is C32H34ClF2N7O5. The maximum Gasteiger partial charge on any atom is 0.508 e. The molecule has 1 aromatic carbocycles. The van der Waals surface area contributed by atoms with Crippen molar-refractivity contribution in [1.29, 1.82) is 0 Å². The smallest absolute Gasteiger partial charge is 0.461 e. The molecule has 9 rings (SSSR count). The number of halogens is 3. The highest BCUT2D eigenvalue weighted by Crippen LogP contribution is 2.42. The van der Waals surface area contributed by atoms with E-state index in [9.17, 15) is 9.18 Å². The number of nitrogens with zero attached hydrogens (tertiary/aromatic N) is 6. The van der Waals surface area contributed by atoms with Crippen LogP contribution in [0.25, 0.3) is 33.1 Å². The van der Waals surface area contributed by atoms with Gasteiger partial charge in [0.2, 0.25) is 0 Å². The number of H-pyrrole nitrogens is 1. The van der Waals surface area contributed by atoms with E-state index in [0.29, 0.717) is 77.2 Å². The van der Waals surface area contributed by atoms with E-state index in [2.05, 4.69) is 25.1 Å². The monoisotopic (exact) mass is 669 g/mol. The van der Waals surface area contributed by atoms with Crippen LogP contribution in [0.2, 0.25) is 5.02 Å². The fraction of sp³-hybridized carbons (Fsp3) is 0.531. The third-order valence-electron chi connectivity index (χ3n) is 9.77. The van der Waals surface area contributed by atoms with Gasteiger partial charge in [-0.25, -0.2) is 13.6 Å². The minimum Gasteiger partial charge on any atom is -0.461 e. The van der Waals surface area contributed by atoms with Crippen molar-refractivity contribution in [3.05, 3.63) is 34.9 Å². The number of hydrogen-bond donors (Lipinski definition) is 1. The number of fused-ring (bicyclic) bond motifs is 8. The Balaban J connectivity index is 1.31. The number of alkyl halides is 1. The molecule has 3 fully saturated rings. The Morgan fingerprint density at radius 2 is 2.09 bits per heavy atom.